The minimum atomic E-state index is -0.869. The van der Waals surface area contributed by atoms with Crippen LogP contribution in [0.4, 0.5) is 5.82 Å². The summed E-state index contributed by atoms with van der Waals surface area (Å²) < 4.78 is 5.97. The highest BCUT2D eigenvalue weighted by Gasteiger charge is 2.67. The summed E-state index contributed by atoms with van der Waals surface area (Å²) in [6.45, 7) is 5.45. The number of fused-ring (bicyclic) bond motifs is 6. The lowest BCUT2D eigenvalue weighted by molar-refractivity contribution is -0.142. The Bertz CT molecular complexity index is 1160. The van der Waals surface area contributed by atoms with Gasteiger partial charge in [0.15, 0.2) is 0 Å². The fraction of sp³-hybridized carbons (Fsp3) is 0.679. The zero-order valence-electron chi connectivity index (χ0n) is 21.1. The molecule has 37 heavy (non-hydrogen) atoms. The molecular weight excluding hydrogens is 488 g/mol. The third-order valence-corrected chi connectivity index (χ3v) is 11.0. The van der Waals surface area contributed by atoms with Crippen LogP contribution in [0.25, 0.3) is 10.1 Å². The van der Waals surface area contributed by atoms with Crippen molar-refractivity contribution in [2.75, 3.05) is 44.2 Å². The van der Waals surface area contributed by atoms with Crippen LogP contribution >= 0.6 is 11.5 Å². The molecule has 1 aromatic heterocycles. The Morgan fingerprint density at radius 2 is 1.49 bits per heavy atom. The van der Waals surface area contributed by atoms with Gasteiger partial charge in [-0.1, -0.05) is 25.0 Å². The number of aliphatic hydroxyl groups is 2. The van der Waals surface area contributed by atoms with E-state index in [9.17, 15) is 19.8 Å². The lowest BCUT2D eigenvalue weighted by Crippen LogP contribution is -2.49. The molecule has 7 rings (SSSR count). The molecule has 3 saturated carbocycles. The number of rotatable bonds is 5. The molecular formula is C28H36N4O4S. The molecule has 8 nitrogen and oxygen atoms in total. The standard InChI is InChI=1S/C28H36N4O4S/c33-24-19-13-20(25(24)34)23-22(19)27(35)32(28(23)36)15-17-6-2-1-5-16(17)14-30-9-11-31(12-10-30)26-18-7-3-4-8-21(18)37-29-26/h3-4,7-8,16-17,19-20,22-25,33-34H,1-2,5-6,9-15H2/t16-,17-,19-,20+,22+,23-,24?,25-/m0/s1. The van der Waals surface area contributed by atoms with Crippen molar-refractivity contribution < 1.29 is 19.8 Å². The van der Waals surface area contributed by atoms with E-state index in [-0.39, 0.29) is 23.7 Å². The molecule has 198 valence electrons. The molecule has 2 bridgehead atoms. The summed E-state index contributed by atoms with van der Waals surface area (Å²) in [5.74, 6) is 0.350. The van der Waals surface area contributed by atoms with Crippen molar-refractivity contribution in [2.45, 2.75) is 44.3 Å². The van der Waals surface area contributed by atoms with Gasteiger partial charge >= 0.3 is 0 Å². The summed E-state index contributed by atoms with van der Waals surface area (Å²) in [6, 6.07) is 8.44. The number of benzene rings is 1. The van der Waals surface area contributed by atoms with Gasteiger partial charge in [-0.05, 0) is 54.8 Å². The van der Waals surface area contributed by atoms with E-state index in [1.807, 2.05) is 0 Å². The fourth-order valence-corrected chi connectivity index (χ4v) is 9.04. The molecule has 0 radical (unpaired) electrons. The third kappa shape index (κ3) is 3.84. The quantitative estimate of drug-likeness (QED) is 0.579. The molecule has 1 unspecified atom stereocenters. The Morgan fingerprint density at radius 1 is 0.865 bits per heavy atom. The van der Waals surface area contributed by atoms with Crippen molar-refractivity contribution in [1.29, 1.82) is 0 Å². The van der Waals surface area contributed by atoms with Gasteiger partial charge in [0.1, 0.15) is 5.82 Å². The SMILES string of the molecule is O=C1[C@H]2[C@H]3C[C@H](C(O)[C@H]3O)[C@H]2C(=O)N1C[C@@H]1CCCC[C@H]1CN1CCN(c2nsc3ccccc23)CC1. The van der Waals surface area contributed by atoms with E-state index in [0.29, 0.717) is 24.8 Å². The van der Waals surface area contributed by atoms with Gasteiger partial charge in [0.25, 0.3) is 0 Å². The number of amides is 2. The molecule has 3 aliphatic carbocycles. The van der Waals surface area contributed by atoms with Gasteiger partial charge in [-0.15, -0.1) is 0 Å². The summed E-state index contributed by atoms with van der Waals surface area (Å²) >= 11 is 1.57. The lowest BCUT2D eigenvalue weighted by atomic mass is 9.78. The average Bonchev–Trinajstić information content (AvgIpc) is 3.65. The number of imide groups is 1. The highest BCUT2D eigenvalue weighted by molar-refractivity contribution is 7.13. The zero-order chi connectivity index (χ0) is 25.3. The first-order chi connectivity index (χ1) is 18.0. The van der Waals surface area contributed by atoms with Crippen molar-refractivity contribution in [2.24, 2.45) is 35.5 Å². The summed E-state index contributed by atoms with van der Waals surface area (Å²) in [7, 11) is 0. The number of hydrogen-bond donors (Lipinski definition) is 2. The molecule has 5 aliphatic rings. The molecule has 2 aliphatic heterocycles. The summed E-state index contributed by atoms with van der Waals surface area (Å²) in [6.07, 6.45) is 3.42. The highest BCUT2D eigenvalue weighted by atomic mass is 32.1. The summed E-state index contributed by atoms with van der Waals surface area (Å²) in [5, 5.41) is 22.0. The van der Waals surface area contributed by atoms with Crippen molar-refractivity contribution in [3.8, 4) is 0 Å². The van der Waals surface area contributed by atoms with E-state index in [4.69, 9.17) is 4.37 Å². The largest absolute Gasteiger partial charge is 0.390 e. The first kappa shape index (κ1) is 24.0. The molecule has 1 aromatic carbocycles. The first-order valence-electron chi connectivity index (χ1n) is 14.0. The third-order valence-electron chi connectivity index (χ3n) is 10.2. The smallest absolute Gasteiger partial charge is 0.233 e. The maximum atomic E-state index is 13.3. The lowest BCUT2D eigenvalue weighted by Gasteiger charge is -2.40. The van der Waals surface area contributed by atoms with E-state index in [0.717, 1.165) is 57.8 Å². The summed E-state index contributed by atoms with van der Waals surface area (Å²) in [4.78, 5) is 33.2. The van der Waals surface area contributed by atoms with Crippen LogP contribution in [0.5, 0.6) is 0 Å². The maximum Gasteiger partial charge on any atom is 0.233 e. The number of carbonyl (C=O) groups is 2. The van der Waals surface area contributed by atoms with Crippen LogP contribution in [0, 0.1) is 35.5 Å². The van der Waals surface area contributed by atoms with E-state index in [1.165, 1.54) is 21.4 Å². The van der Waals surface area contributed by atoms with Gasteiger partial charge in [0.2, 0.25) is 11.8 Å². The number of piperazine rings is 1. The van der Waals surface area contributed by atoms with E-state index >= 15 is 0 Å². The Labute approximate surface area is 221 Å². The second kappa shape index (κ2) is 9.29. The van der Waals surface area contributed by atoms with Crippen molar-refractivity contribution >= 4 is 39.3 Å². The van der Waals surface area contributed by atoms with Crippen LogP contribution in [0.3, 0.4) is 0 Å². The van der Waals surface area contributed by atoms with Gasteiger partial charge in [0.05, 0.1) is 28.7 Å². The Hall–Kier alpha value is -2.07. The molecule has 2 N–H and O–H groups in total. The average molecular weight is 525 g/mol. The number of carbonyl (C=O) groups excluding carboxylic acids is 2. The van der Waals surface area contributed by atoms with Crippen molar-refractivity contribution in [1.82, 2.24) is 14.2 Å². The van der Waals surface area contributed by atoms with E-state index in [1.54, 1.807) is 11.5 Å². The minimum absolute atomic E-state index is 0.0955. The van der Waals surface area contributed by atoms with Crippen molar-refractivity contribution in [3.05, 3.63) is 24.3 Å². The van der Waals surface area contributed by atoms with E-state index < -0.39 is 24.0 Å². The summed E-state index contributed by atoms with van der Waals surface area (Å²) in [5.41, 5.74) is 0. The Kier molecular flexibility index (Phi) is 6.03. The molecule has 9 heteroatoms. The topological polar surface area (TPSA) is 97.2 Å². The second-order valence-electron chi connectivity index (χ2n) is 12.0. The van der Waals surface area contributed by atoms with Crippen molar-refractivity contribution in [3.63, 3.8) is 0 Å². The van der Waals surface area contributed by atoms with Crippen LogP contribution in [0.1, 0.15) is 32.1 Å². The monoisotopic (exact) mass is 524 g/mol. The van der Waals surface area contributed by atoms with Gasteiger partial charge < -0.3 is 15.1 Å². The Morgan fingerprint density at radius 3 is 2.16 bits per heavy atom. The predicted octanol–water partition coefficient (Wildman–Crippen LogP) is 2.20. The second-order valence-corrected chi connectivity index (χ2v) is 12.8. The number of hydrogen-bond acceptors (Lipinski definition) is 8. The molecule has 2 aromatic rings. The van der Waals surface area contributed by atoms with Crippen LogP contribution in [-0.2, 0) is 9.59 Å². The maximum absolute atomic E-state index is 13.3. The highest BCUT2D eigenvalue weighted by Crippen LogP contribution is 2.56. The number of aromatic nitrogens is 1. The fourth-order valence-electron chi connectivity index (χ4n) is 8.25. The van der Waals surface area contributed by atoms with Gasteiger partial charge in [0, 0.05) is 56.5 Å². The molecule has 3 heterocycles. The van der Waals surface area contributed by atoms with Gasteiger partial charge in [-0.3, -0.25) is 19.4 Å². The zero-order valence-corrected chi connectivity index (χ0v) is 21.9. The molecule has 0 spiro atoms. The normalized spacial score (nSPS) is 38.2. The first-order valence-corrected chi connectivity index (χ1v) is 14.8. The Balaban J connectivity index is 0.991. The number of aliphatic hydroxyl groups excluding tert-OH is 2. The van der Waals surface area contributed by atoms with Crippen LogP contribution in [0.2, 0.25) is 0 Å². The van der Waals surface area contributed by atoms with Crippen LogP contribution in [0.15, 0.2) is 24.3 Å². The van der Waals surface area contributed by atoms with Crippen LogP contribution in [-0.4, -0.2) is 87.7 Å². The molecule has 2 saturated heterocycles. The van der Waals surface area contributed by atoms with E-state index in [2.05, 4.69) is 34.1 Å². The molecule has 5 fully saturated rings. The number of nitrogens with zero attached hydrogens (tertiary/aromatic N) is 4. The predicted molar refractivity (Wildman–Crippen MR) is 141 cm³/mol. The number of anilines is 1. The molecule has 2 amide bonds. The van der Waals surface area contributed by atoms with Crippen LogP contribution < -0.4 is 4.90 Å². The minimum Gasteiger partial charge on any atom is -0.390 e. The molecule has 8 atom stereocenters. The van der Waals surface area contributed by atoms with Gasteiger partial charge in [-0.25, -0.2) is 0 Å². The van der Waals surface area contributed by atoms with Gasteiger partial charge in [-0.2, -0.15) is 4.37 Å². The number of likely N-dealkylation sites (tertiary alicyclic amines) is 1.